The van der Waals surface area contributed by atoms with Gasteiger partial charge < -0.3 is 5.32 Å². The minimum absolute atomic E-state index is 0.117. The molecule has 112 valence electrons. The Labute approximate surface area is 133 Å². The van der Waals surface area contributed by atoms with Crippen LogP contribution < -0.4 is 5.32 Å². The van der Waals surface area contributed by atoms with Crippen molar-refractivity contribution in [3.63, 3.8) is 0 Å². The molecule has 0 saturated heterocycles. The summed E-state index contributed by atoms with van der Waals surface area (Å²) in [7, 11) is 0. The fraction of sp³-hybridized carbons (Fsp3) is 0.647. The van der Waals surface area contributed by atoms with Crippen LogP contribution in [0.4, 0.5) is 0 Å². The average Bonchev–Trinajstić information content (AvgIpc) is 2.22. The number of hydrogen-bond acceptors (Lipinski definition) is 1. The summed E-state index contributed by atoms with van der Waals surface area (Å²) in [5, 5.41) is 5.15. The lowest BCUT2D eigenvalue weighted by Gasteiger charge is -2.55. The highest BCUT2D eigenvalue weighted by atomic mass is 35.5. The summed E-state index contributed by atoms with van der Waals surface area (Å²) < 4.78 is 0. The minimum Gasteiger partial charge on any atom is -0.311 e. The first-order chi connectivity index (χ1) is 9.03. The topological polar surface area (TPSA) is 12.0 Å². The first kappa shape index (κ1) is 16.1. The van der Waals surface area contributed by atoms with Crippen molar-refractivity contribution in [2.24, 2.45) is 5.41 Å². The Hall–Kier alpha value is -0.240. The van der Waals surface area contributed by atoms with Crippen molar-refractivity contribution >= 4 is 23.2 Å². The molecule has 1 aromatic carbocycles. The van der Waals surface area contributed by atoms with Gasteiger partial charge in [0.1, 0.15) is 0 Å². The first-order valence-corrected chi connectivity index (χ1v) is 7.99. The maximum Gasteiger partial charge on any atom is 0.0458 e. The minimum atomic E-state index is 0.117. The zero-order valence-electron chi connectivity index (χ0n) is 13.1. The Bertz CT molecular complexity index is 492. The molecule has 0 radical (unpaired) electrons. The summed E-state index contributed by atoms with van der Waals surface area (Å²) >= 11 is 12.5. The van der Waals surface area contributed by atoms with E-state index in [1.165, 1.54) is 5.56 Å². The van der Waals surface area contributed by atoms with E-state index in [2.05, 4.69) is 46.0 Å². The molecular formula is C17H25Cl2N. The second-order valence-corrected chi connectivity index (χ2v) is 8.87. The lowest BCUT2D eigenvalue weighted by atomic mass is 9.51. The van der Waals surface area contributed by atoms with E-state index >= 15 is 0 Å². The molecule has 0 atom stereocenters. The fourth-order valence-electron chi connectivity index (χ4n) is 3.54. The number of benzene rings is 1. The summed E-state index contributed by atoms with van der Waals surface area (Å²) in [5.41, 5.74) is 1.88. The molecule has 1 saturated carbocycles. The SMILES string of the molecule is CC1(C)CC(CNC(C)(C)C)(c2ccc(Cl)cc2Cl)C1. The second kappa shape index (κ2) is 5.19. The molecule has 1 fully saturated rings. The molecular weight excluding hydrogens is 289 g/mol. The maximum absolute atomic E-state index is 6.46. The highest BCUT2D eigenvalue weighted by Gasteiger charge is 2.50. The largest absolute Gasteiger partial charge is 0.311 e. The molecule has 1 aliphatic rings. The van der Waals surface area contributed by atoms with Gasteiger partial charge in [-0.25, -0.2) is 0 Å². The quantitative estimate of drug-likeness (QED) is 0.783. The molecule has 0 heterocycles. The fourth-order valence-corrected chi connectivity index (χ4v) is 4.15. The molecule has 1 aliphatic carbocycles. The van der Waals surface area contributed by atoms with Crippen LogP contribution in [0.1, 0.15) is 53.0 Å². The van der Waals surface area contributed by atoms with Gasteiger partial charge in [-0.1, -0.05) is 43.1 Å². The molecule has 0 amide bonds. The first-order valence-electron chi connectivity index (χ1n) is 7.24. The number of hydrogen-bond donors (Lipinski definition) is 1. The van der Waals surface area contributed by atoms with Gasteiger partial charge >= 0.3 is 0 Å². The van der Waals surface area contributed by atoms with E-state index in [1.54, 1.807) is 0 Å². The third kappa shape index (κ3) is 3.50. The Morgan fingerprint density at radius 1 is 1.15 bits per heavy atom. The summed E-state index contributed by atoms with van der Waals surface area (Å²) in [5.74, 6) is 0. The van der Waals surface area contributed by atoms with E-state index in [4.69, 9.17) is 23.2 Å². The molecule has 0 aromatic heterocycles. The van der Waals surface area contributed by atoms with E-state index in [-0.39, 0.29) is 11.0 Å². The lowest BCUT2D eigenvalue weighted by Crippen LogP contribution is -2.55. The summed E-state index contributed by atoms with van der Waals surface area (Å²) in [6.07, 6.45) is 2.31. The number of halogens is 2. The smallest absolute Gasteiger partial charge is 0.0458 e. The molecule has 1 nitrogen and oxygen atoms in total. The van der Waals surface area contributed by atoms with Crippen LogP contribution in [0.5, 0.6) is 0 Å². The van der Waals surface area contributed by atoms with Gasteiger partial charge in [0.2, 0.25) is 0 Å². The van der Waals surface area contributed by atoms with Crippen molar-refractivity contribution in [2.45, 2.75) is 58.4 Å². The molecule has 3 heteroatoms. The van der Waals surface area contributed by atoms with Crippen molar-refractivity contribution in [1.29, 1.82) is 0 Å². The van der Waals surface area contributed by atoms with E-state index in [0.717, 1.165) is 24.4 Å². The van der Waals surface area contributed by atoms with Crippen molar-refractivity contribution in [2.75, 3.05) is 6.54 Å². The third-order valence-electron chi connectivity index (χ3n) is 4.09. The van der Waals surface area contributed by atoms with Gasteiger partial charge in [-0.3, -0.25) is 0 Å². The highest BCUT2D eigenvalue weighted by Crippen LogP contribution is 2.56. The van der Waals surface area contributed by atoms with Crippen LogP contribution in [-0.4, -0.2) is 12.1 Å². The summed E-state index contributed by atoms with van der Waals surface area (Å²) in [6.45, 7) is 12.2. The monoisotopic (exact) mass is 313 g/mol. The van der Waals surface area contributed by atoms with Gasteiger partial charge in [0.05, 0.1) is 0 Å². The van der Waals surface area contributed by atoms with Gasteiger partial charge in [0, 0.05) is 27.5 Å². The molecule has 0 spiro atoms. The zero-order valence-corrected chi connectivity index (χ0v) is 14.6. The Kier molecular flexibility index (Phi) is 4.19. The normalized spacial score (nSPS) is 20.6. The third-order valence-corrected chi connectivity index (χ3v) is 4.64. The van der Waals surface area contributed by atoms with Crippen molar-refractivity contribution in [1.82, 2.24) is 5.32 Å². The molecule has 2 rings (SSSR count). The van der Waals surface area contributed by atoms with Crippen LogP contribution in [-0.2, 0) is 5.41 Å². The van der Waals surface area contributed by atoms with Crippen molar-refractivity contribution in [3.05, 3.63) is 33.8 Å². The van der Waals surface area contributed by atoms with Crippen LogP contribution in [0.3, 0.4) is 0 Å². The number of rotatable bonds is 3. The predicted octanol–water partition coefficient (Wildman–Crippen LogP) is 5.44. The van der Waals surface area contributed by atoms with Crippen LogP contribution in [0.15, 0.2) is 18.2 Å². The summed E-state index contributed by atoms with van der Waals surface area (Å²) in [4.78, 5) is 0. The molecule has 0 bridgehead atoms. The van der Waals surface area contributed by atoms with Gasteiger partial charge in [-0.05, 0) is 56.7 Å². The van der Waals surface area contributed by atoms with Crippen LogP contribution >= 0.6 is 23.2 Å². The van der Waals surface area contributed by atoms with Crippen molar-refractivity contribution < 1.29 is 0 Å². The van der Waals surface area contributed by atoms with Gasteiger partial charge in [0.25, 0.3) is 0 Å². The van der Waals surface area contributed by atoms with Crippen LogP contribution in [0.2, 0.25) is 10.0 Å². The molecule has 20 heavy (non-hydrogen) atoms. The highest BCUT2D eigenvalue weighted by molar-refractivity contribution is 6.35. The lowest BCUT2D eigenvalue weighted by molar-refractivity contribution is 0.0513. The average molecular weight is 314 g/mol. The molecule has 0 aliphatic heterocycles. The van der Waals surface area contributed by atoms with E-state index in [9.17, 15) is 0 Å². The van der Waals surface area contributed by atoms with Crippen LogP contribution in [0, 0.1) is 5.41 Å². The van der Waals surface area contributed by atoms with E-state index < -0.39 is 0 Å². The van der Waals surface area contributed by atoms with E-state index in [1.807, 2.05) is 12.1 Å². The number of nitrogens with one attached hydrogen (secondary N) is 1. The predicted molar refractivity (Wildman–Crippen MR) is 88.9 cm³/mol. The molecule has 1 aromatic rings. The van der Waals surface area contributed by atoms with Gasteiger partial charge in [-0.15, -0.1) is 0 Å². The Balaban J connectivity index is 2.29. The van der Waals surface area contributed by atoms with E-state index in [0.29, 0.717) is 10.4 Å². The standard InChI is InChI=1S/C17H25Cl2N/c1-15(2,3)20-11-17(9-16(4,5)10-17)13-7-6-12(18)8-14(13)19/h6-8,20H,9-11H2,1-5H3. The maximum atomic E-state index is 6.46. The second-order valence-electron chi connectivity index (χ2n) is 8.03. The van der Waals surface area contributed by atoms with Crippen molar-refractivity contribution in [3.8, 4) is 0 Å². The van der Waals surface area contributed by atoms with Gasteiger partial charge in [-0.2, -0.15) is 0 Å². The molecule has 0 unspecified atom stereocenters. The Morgan fingerprint density at radius 2 is 1.75 bits per heavy atom. The summed E-state index contributed by atoms with van der Waals surface area (Å²) in [6, 6.07) is 5.92. The Morgan fingerprint density at radius 3 is 2.20 bits per heavy atom. The van der Waals surface area contributed by atoms with Gasteiger partial charge in [0.15, 0.2) is 0 Å². The molecule has 1 N–H and O–H groups in total. The van der Waals surface area contributed by atoms with Crippen LogP contribution in [0.25, 0.3) is 0 Å². The zero-order chi connectivity index (χ0) is 15.2.